The zero-order valence-electron chi connectivity index (χ0n) is 9.44. The van der Waals surface area contributed by atoms with E-state index in [0.29, 0.717) is 11.5 Å². The van der Waals surface area contributed by atoms with Gasteiger partial charge in [-0.2, -0.15) is 0 Å². The quantitative estimate of drug-likeness (QED) is 0.923. The first-order valence-electron chi connectivity index (χ1n) is 4.99. The van der Waals surface area contributed by atoms with Crippen LogP contribution < -0.4 is 5.32 Å². The molecule has 0 aromatic carbocycles. The SMILES string of the molecule is Cc1nc(NC(=O)c2cn(C)cn2)ccc1Br. The highest BCUT2D eigenvalue weighted by atomic mass is 79.9. The van der Waals surface area contributed by atoms with E-state index in [9.17, 15) is 4.79 Å². The van der Waals surface area contributed by atoms with Gasteiger partial charge < -0.3 is 9.88 Å². The maximum Gasteiger partial charge on any atom is 0.276 e. The van der Waals surface area contributed by atoms with E-state index in [2.05, 4.69) is 31.2 Å². The highest BCUT2D eigenvalue weighted by Crippen LogP contribution is 2.16. The lowest BCUT2D eigenvalue weighted by Gasteiger charge is -2.04. The van der Waals surface area contributed by atoms with Gasteiger partial charge in [0.05, 0.1) is 12.0 Å². The molecule has 0 saturated heterocycles. The maximum absolute atomic E-state index is 11.8. The Hall–Kier alpha value is -1.69. The van der Waals surface area contributed by atoms with Gasteiger partial charge >= 0.3 is 0 Å². The second kappa shape index (κ2) is 4.67. The average Bonchev–Trinajstić information content (AvgIpc) is 2.70. The van der Waals surface area contributed by atoms with Crippen molar-refractivity contribution in [3.8, 4) is 0 Å². The number of hydrogen-bond acceptors (Lipinski definition) is 3. The van der Waals surface area contributed by atoms with Crippen LogP contribution in [0.25, 0.3) is 0 Å². The van der Waals surface area contributed by atoms with Crippen molar-refractivity contribution in [2.45, 2.75) is 6.92 Å². The number of carbonyl (C=O) groups is 1. The molecule has 6 heteroatoms. The fourth-order valence-electron chi connectivity index (χ4n) is 1.32. The van der Waals surface area contributed by atoms with Crippen LogP contribution >= 0.6 is 15.9 Å². The number of pyridine rings is 1. The van der Waals surface area contributed by atoms with Gasteiger partial charge in [0.2, 0.25) is 0 Å². The first kappa shape index (κ1) is 11.8. The van der Waals surface area contributed by atoms with E-state index in [1.54, 1.807) is 23.2 Å². The summed E-state index contributed by atoms with van der Waals surface area (Å²) < 4.78 is 2.63. The molecule has 5 nitrogen and oxygen atoms in total. The number of carbonyl (C=O) groups excluding carboxylic acids is 1. The number of nitrogens with one attached hydrogen (secondary N) is 1. The first-order chi connectivity index (χ1) is 8.06. The topological polar surface area (TPSA) is 59.8 Å². The smallest absolute Gasteiger partial charge is 0.276 e. The standard InChI is InChI=1S/C11H11BrN4O/c1-7-8(12)3-4-10(14-7)15-11(17)9-5-16(2)6-13-9/h3-6H,1-2H3,(H,14,15,17). The Morgan fingerprint density at radius 1 is 1.47 bits per heavy atom. The summed E-state index contributed by atoms with van der Waals surface area (Å²) in [5, 5.41) is 2.69. The Kier molecular flexibility index (Phi) is 3.23. The molecule has 0 bridgehead atoms. The van der Waals surface area contributed by atoms with E-state index in [1.165, 1.54) is 0 Å². The van der Waals surface area contributed by atoms with Crippen LogP contribution in [-0.4, -0.2) is 20.4 Å². The molecule has 1 N–H and O–H groups in total. The van der Waals surface area contributed by atoms with Gasteiger partial charge in [-0.25, -0.2) is 9.97 Å². The van der Waals surface area contributed by atoms with Gasteiger partial charge in [-0.15, -0.1) is 0 Å². The first-order valence-corrected chi connectivity index (χ1v) is 5.78. The van der Waals surface area contributed by atoms with Crippen LogP contribution in [0.4, 0.5) is 5.82 Å². The molecule has 2 heterocycles. The molecule has 0 spiro atoms. The van der Waals surface area contributed by atoms with Gasteiger partial charge in [0.25, 0.3) is 5.91 Å². The van der Waals surface area contributed by atoms with Crippen molar-refractivity contribution in [3.63, 3.8) is 0 Å². The van der Waals surface area contributed by atoms with Crippen LogP contribution in [-0.2, 0) is 7.05 Å². The van der Waals surface area contributed by atoms with Gasteiger partial charge in [-0.1, -0.05) is 0 Å². The molecule has 0 aliphatic heterocycles. The highest BCUT2D eigenvalue weighted by Gasteiger charge is 2.09. The number of hydrogen-bond donors (Lipinski definition) is 1. The molecular formula is C11H11BrN4O. The van der Waals surface area contributed by atoms with Crippen molar-refractivity contribution in [1.82, 2.24) is 14.5 Å². The molecular weight excluding hydrogens is 284 g/mol. The molecule has 0 atom stereocenters. The minimum Gasteiger partial charge on any atom is -0.340 e. The summed E-state index contributed by atoms with van der Waals surface area (Å²) >= 11 is 3.35. The van der Waals surface area contributed by atoms with Crippen molar-refractivity contribution >= 4 is 27.7 Å². The van der Waals surface area contributed by atoms with Gasteiger partial charge in [-0.3, -0.25) is 4.79 Å². The monoisotopic (exact) mass is 294 g/mol. The molecule has 0 saturated carbocycles. The van der Waals surface area contributed by atoms with E-state index < -0.39 is 0 Å². The number of halogens is 1. The van der Waals surface area contributed by atoms with Crippen molar-refractivity contribution in [1.29, 1.82) is 0 Å². The fourth-order valence-corrected chi connectivity index (χ4v) is 1.54. The third-order valence-corrected chi connectivity index (χ3v) is 3.04. The van der Waals surface area contributed by atoms with Crippen molar-refractivity contribution in [3.05, 3.63) is 40.5 Å². The van der Waals surface area contributed by atoms with Crippen molar-refractivity contribution in [2.75, 3.05) is 5.32 Å². The van der Waals surface area contributed by atoms with Crippen LogP contribution in [0.15, 0.2) is 29.1 Å². The molecule has 1 amide bonds. The van der Waals surface area contributed by atoms with Crippen LogP contribution in [0.1, 0.15) is 16.2 Å². The maximum atomic E-state index is 11.8. The number of rotatable bonds is 2. The zero-order chi connectivity index (χ0) is 12.4. The number of aromatic nitrogens is 3. The molecule has 17 heavy (non-hydrogen) atoms. The van der Waals surface area contributed by atoms with Crippen LogP contribution in [0.3, 0.4) is 0 Å². The predicted molar refractivity (Wildman–Crippen MR) is 67.8 cm³/mol. The Morgan fingerprint density at radius 3 is 2.82 bits per heavy atom. The fraction of sp³-hybridized carbons (Fsp3) is 0.182. The molecule has 0 aliphatic rings. The molecule has 0 aliphatic carbocycles. The number of imidazole rings is 1. The van der Waals surface area contributed by atoms with Crippen LogP contribution in [0.2, 0.25) is 0 Å². The second-order valence-corrected chi connectivity index (χ2v) is 4.50. The van der Waals surface area contributed by atoms with E-state index in [4.69, 9.17) is 0 Å². The largest absolute Gasteiger partial charge is 0.340 e. The lowest BCUT2D eigenvalue weighted by Crippen LogP contribution is -2.13. The third kappa shape index (κ3) is 2.71. The molecule has 0 radical (unpaired) electrons. The summed E-state index contributed by atoms with van der Waals surface area (Å²) in [7, 11) is 1.81. The normalized spacial score (nSPS) is 10.3. The van der Waals surface area contributed by atoms with Gasteiger partial charge in [0, 0.05) is 17.7 Å². The van der Waals surface area contributed by atoms with E-state index in [0.717, 1.165) is 10.2 Å². The lowest BCUT2D eigenvalue weighted by molar-refractivity contribution is 0.102. The Bertz CT molecular complexity index is 564. The number of amides is 1. The predicted octanol–water partition coefficient (Wildman–Crippen LogP) is 2.14. The van der Waals surface area contributed by atoms with Gasteiger partial charge in [-0.05, 0) is 35.0 Å². The minimum atomic E-state index is -0.264. The Morgan fingerprint density at radius 2 is 2.24 bits per heavy atom. The average molecular weight is 295 g/mol. The van der Waals surface area contributed by atoms with Gasteiger partial charge in [0.1, 0.15) is 11.5 Å². The zero-order valence-corrected chi connectivity index (χ0v) is 11.0. The molecule has 2 aromatic heterocycles. The Labute approximate surface area is 107 Å². The van der Waals surface area contributed by atoms with Crippen molar-refractivity contribution < 1.29 is 4.79 Å². The van der Waals surface area contributed by atoms with E-state index in [1.807, 2.05) is 20.0 Å². The second-order valence-electron chi connectivity index (χ2n) is 3.64. The number of aryl methyl sites for hydroxylation is 2. The van der Waals surface area contributed by atoms with E-state index >= 15 is 0 Å². The Balaban J connectivity index is 2.15. The highest BCUT2D eigenvalue weighted by molar-refractivity contribution is 9.10. The summed E-state index contributed by atoms with van der Waals surface area (Å²) in [6.07, 6.45) is 3.23. The number of nitrogens with zero attached hydrogens (tertiary/aromatic N) is 3. The summed E-state index contributed by atoms with van der Waals surface area (Å²) in [6.45, 7) is 1.86. The van der Waals surface area contributed by atoms with Crippen LogP contribution in [0, 0.1) is 6.92 Å². The van der Waals surface area contributed by atoms with Crippen LogP contribution in [0.5, 0.6) is 0 Å². The summed E-state index contributed by atoms with van der Waals surface area (Å²) in [5.74, 6) is 0.251. The van der Waals surface area contributed by atoms with E-state index in [-0.39, 0.29) is 5.91 Å². The molecule has 0 fully saturated rings. The summed E-state index contributed by atoms with van der Waals surface area (Å²) in [4.78, 5) is 20.0. The molecule has 2 rings (SSSR count). The molecule has 2 aromatic rings. The summed E-state index contributed by atoms with van der Waals surface area (Å²) in [5.41, 5.74) is 1.19. The molecule has 88 valence electrons. The minimum absolute atomic E-state index is 0.264. The lowest BCUT2D eigenvalue weighted by atomic mass is 10.3. The van der Waals surface area contributed by atoms with Gasteiger partial charge in [0.15, 0.2) is 0 Å². The molecule has 0 unspecified atom stereocenters. The number of anilines is 1. The third-order valence-electron chi connectivity index (χ3n) is 2.20. The summed E-state index contributed by atoms with van der Waals surface area (Å²) in [6, 6.07) is 3.58. The van der Waals surface area contributed by atoms with Crippen molar-refractivity contribution in [2.24, 2.45) is 7.05 Å².